The molecule has 2 saturated heterocycles. The van der Waals surface area contributed by atoms with Crippen molar-refractivity contribution in [3.63, 3.8) is 0 Å². The van der Waals surface area contributed by atoms with Crippen LogP contribution < -0.4 is 4.90 Å². The van der Waals surface area contributed by atoms with E-state index in [9.17, 15) is 14.4 Å². The van der Waals surface area contributed by atoms with Crippen LogP contribution in [0.25, 0.3) is 0 Å². The Bertz CT molecular complexity index is 1190. The Morgan fingerprint density at radius 3 is 2.49 bits per heavy atom. The van der Waals surface area contributed by atoms with Crippen LogP contribution >= 0.6 is 0 Å². The predicted molar refractivity (Wildman–Crippen MR) is 124 cm³/mol. The first-order valence-corrected chi connectivity index (χ1v) is 12.0. The molecule has 1 saturated carbocycles. The van der Waals surface area contributed by atoms with Crippen molar-refractivity contribution >= 4 is 23.8 Å². The van der Waals surface area contributed by atoms with Gasteiger partial charge in [0.05, 0.1) is 24.6 Å². The molecule has 2 amide bonds. The molecule has 5 heterocycles. The van der Waals surface area contributed by atoms with E-state index in [1.54, 1.807) is 17.3 Å². The second-order valence-electron chi connectivity index (χ2n) is 9.71. The molecule has 35 heavy (non-hydrogen) atoms. The fraction of sp³-hybridized carbons (Fsp3) is 0.480. The van der Waals surface area contributed by atoms with Crippen molar-refractivity contribution in [2.75, 3.05) is 51.3 Å². The van der Waals surface area contributed by atoms with Crippen molar-refractivity contribution in [1.29, 1.82) is 0 Å². The zero-order valence-corrected chi connectivity index (χ0v) is 19.6. The molecule has 2 aromatic heterocycles. The van der Waals surface area contributed by atoms with Crippen molar-refractivity contribution < 1.29 is 23.9 Å². The first kappa shape index (κ1) is 21.8. The van der Waals surface area contributed by atoms with Crippen LogP contribution in [0.15, 0.2) is 36.8 Å². The van der Waals surface area contributed by atoms with Crippen molar-refractivity contribution in [1.82, 2.24) is 19.8 Å². The number of aromatic nitrogens is 2. The van der Waals surface area contributed by atoms with Gasteiger partial charge < -0.3 is 24.2 Å². The molecule has 0 bridgehead atoms. The van der Waals surface area contributed by atoms with Gasteiger partial charge >= 0.3 is 12.1 Å². The molecule has 4 aliphatic rings. The van der Waals surface area contributed by atoms with Crippen LogP contribution in [-0.4, -0.2) is 84.1 Å². The summed E-state index contributed by atoms with van der Waals surface area (Å²) in [5.41, 5.74) is 0.930. The lowest BCUT2D eigenvalue weighted by molar-refractivity contribution is -0.134. The van der Waals surface area contributed by atoms with E-state index < -0.39 is 11.0 Å². The summed E-state index contributed by atoms with van der Waals surface area (Å²) in [7, 11) is 1.39. The molecule has 3 fully saturated rings. The van der Waals surface area contributed by atoms with Crippen molar-refractivity contribution in [2.45, 2.75) is 30.3 Å². The Morgan fingerprint density at radius 1 is 1.00 bits per heavy atom. The van der Waals surface area contributed by atoms with Crippen molar-refractivity contribution in [3.05, 3.63) is 53.5 Å². The van der Waals surface area contributed by atoms with Gasteiger partial charge in [-0.2, -0.15) is 0 Å². The third-order valence-corrected chi connectivity index (χ3v) is 7.84. The molecule has 3 aliphatic heterocycles. The highest BCUT2D eigenvalue weighted by molar-refractivity contribution is 5.95. The van der Waals surface area contributed by atoms with E-state index in [0.29, 0.717) is 51.3 Å². The minimum absolute atomic E-state index is 0.0779. The molecule has 182 valence electrons. The summed E-state index contributed by atoms with van der Waals surface area (Å²) in [5, 5.41) is 0. The van der Waals surface area contributed by atoms with E-state index in [1.165, 1.54) is 7.11 Å². The lowest BCUT2D eigenvalue weighted by Gasteiger charge is -2.34. The van der Waals surface area contributed by atoms with Gasteiger partial charge in [0.15, 0.2) is 5.60 Å². The summed E-state index contributed by atoms with van der Waals surface area (Å²) in [5.74, 6) is 0.551. The number of pyridine rings is 2. The number of piperazine rings is 1. The molecular weight excluding hydrogens is 450 g/mol. The Kier molecular flexibility index (Phi) is 4.94. The maximum atomic E-state index is 13.7. The monoisotopic (exact) mass is 477 g/mol. The summed E-state index contributed by atoms with van der Waals surface area (Å²) in [6.07, 6.45) is 6.88. The Morgan fingerprint density at radius 2 is 1.80 bits per heavy atom. The van der Waals surface area contributed by atoms with Gasteiger partial charge in [0.25, 0.3) is 0 Å². The normalized spacial score (nSPS) is 24.4. The third kappa shape index (κ3) is 3.42. The maximum absolute atomic E-state index is 13.7. The van der Waals surface area contributed by atoms with Gasteiger partial charge in [0.1, 0.15) is 5.82 Å². The quantitative estimate of drug-likeness (QED) is 0.615. The summed E-state index contributed by atoms with van der Waals surface area (Å²) in [6, 6.07) is 5.79. The van der Waals surface area contributed by atoms with Crippen LogP contribution in [0.5, 0.6) is 0 Å². The predicted octanol–water partition coefficient (Wildman–Crippen LogP) is 1.69. The number of hydrogen-bond acceptors (Lipinski definition) is 8. The minimum atomic E-state index is -0.768. The highest BCUT2D eigenvalue weighted by atomic mass is 16.6. The van der Waals surface area contributed by atoms with Crippen molar-refractivity contribution in [2.24, 2.45) is 0 Å². The van der Waals surface area contributed by atoms with Crippen LogP contribution in [0, 0.1) is 0 Å². The topological polar surface area (TPSA) is 105 Å². The fourth-order valence-corrected chi connectivity index (χ4v) is 5.66. The van der Waals surface area contributed by atoms with Gasteiger partial charge in [0, 0.05) is 63.3 Å². The number of ether oxygens (including phenoxy) is 2. The fourth-order valence-electron chi connectivity index (χ4n) is 5.66. The van der Waals surface area contributed by atoms with Crippen LogP contribution in [0.2, 0.25) is 0 Å². The summed E-state index contributed by atoms with van der Waals surface area (Å²) < 4.78 is 10.6. The number of hydrogen-bond donors (Lipinski definition) is 0. The number of amides is 2. The molecule has 1 unspecified atom stereocenters. The maximum Gasteiger partial charge on any atom is 0.409 e. The third-order valence-electron chi connectivity index (χ3n) is 7.84. The van der Waals surface area contributed by atoms with E-state index in [-0.39, 0.29) is 18.0 Å². The summed E-state index contributed by atoms with van der Waals surface area (Å²) in [6.45, 7) is 3.43. The van der Waals surface area contributed by atoms with Gasteiger partial charge in [-0.3, -0.25) is 9.78 Å². The minimum Gasteiger partial charge on any atom is -0.453 e. The molecule has 10 nitrogen and oxygen atoms in total. The molecular formula is C25H27N5O5. The number of carbonyl (C=O) groups excluding carboxylic acids is 3. The number of methoxy groups -OCH3 is 1. The number of fused-ring (bicyclic) bond motifs is 2. The number of anilines is 1. The number of esters is 1. The molecule has 1 atom stereocenters. The summed E-state index contributed by atoms with van der Waals surface area (Å²) >= 11 is 0. The van der Waals surface area contributed by atoms with E-state index in [0.717, 1.165) is 29.8 Å². The first-order valence-electron chi connectivity index (χ1n) is 12.0. The van der Waals surface area contributed by atoms with Crippen LogP contribution in [0.3, 0.4) is 0 Å². The van der Waals surface area contributed by atoms with Gasteiger partial charge in [-0.25, -0.2) is 14.6 Å². The average molecular weight is 478 g/mol. The smallest absolute Gasteiger partial charge is 0.409 e. The highest BCUT2D eigenvalue weighted by Crippen LogP contribution is 2.52. The zero-order valence-electron chi connectivity index (χ0n) is 19.6. The molecule has 0 aromatic carbocycles. The lowest BCUT2D eigenvalue weighted by atomic mass is 9.92. The van der Waals surface area contributed by atoms with E-state index in [2.05, 4.69) is 14.9 Å². The van der Waals surface area contributed by atoms with Gasteiger partial charge in [-0.1, -0.05) is 6.07 Å². The van der Waals surface area contributed by atoms with Gasteiger partial charge in [-0.05, 0) is 30.5 Å². The largest absolute Gasteiger partial charge is 0.453 e. The number of likely N-dealkylation sites (tertiary alicyclic amines) is 1. The Labute approximate surface area is 202 Å². The zero-order chi connectivity index (χ0) is 24.2. The van der Waals surface area contributed by atoms with Crippen molar-refractivity contribution in [3.8, 4) is 0 Å². The van der Waals surface area contributed by atoms with E-state index in [4.69, 9.17) is 9.47 Å². The first-order chi connectivity index (χ1) is 17.0. The van der Waals surface area contributed by atoms with Gasteiger partial charge in [-0.15, -0.1) is 0 Å². The molecule has 1 aliphatic carbocycles. The van der Waals surface area contributed by atoms with Crippen LogP contribution in [-0.2, 0) is 25.3 Å². The lowest BCUT2D eigenvalue weighted by Crippen LogP contribution is -2.49. The second kappa shape index (κ2) is 7.93. The molecule has 0 N–H and O–H groups in total. The van der Waals surface area contributed by atoms with Crippen LogP contribution in [0.1, 0.15) is 40.7 Å². The standard InChI is InChI=1S/C25H27N5O5/c1-34-23(33)29-12-10-28(11-13-29)20-3-2-17(14-27-20)24(5-6-24)22(32)30-9-7-25(16-30)19-4-8-26-15-18(19)21(31)35-25/h2-4,8,14-15H,5-7,9-13,16H2,1H3. The average Bonchev–Trinajstić information content (AvgIpc) is 3.54. The summed E-state index contributed by atoms with van der Waals surface area (Å²) in [4.78, 5) is 52.1. The van der Waals surface area contributed by atoms with E-state index >= 15 is 0 Å². The second-order valence-corrected chi connectivity index (χ2v) is 9.71. The number of nitrogens with zero attached hydrogens (tertiary/aromatic N) is 5. The molecule has 2 aromatic rings. The molecule has 6 rings (SSSR count). The number of rotatable bonds is 3. The van der Waals surface area contributed by atoms with E-state index in [1.807, 2.05) is 29.3 Å². The molecule has 1 spiro atoms. The Balaban J connectivity index is 1.15. The molecule has 0 radical (unpaired) electrons. The molecule has 10 heteroatoms. The Hall–Kier alpha value is -3.69. The highest BCUT2D eigenvalue weighted by Gasteiger charge is 2.58. The number of carbonyl (C=O) groups is 3. The van der Waals surface area contributed by atoms with Crippen LogP contribution in [0.4, 0.5) is 10.6 Å². The van der Waals surface area contributed by atoms with Gasteiger partial charge in [0.2, 0.25) is 5.91 Å². The SMILES string of the molecule is COC(=O)N1CCN(c2ccc(C3(C(=O)N4CCC5(C4)OC(=O)c4cnccc45)CC3)cn2)CC1.